The van der Waals surface area contributed by atoms with Crippen LogP contribution in [-0.2, 0) is 0 Å². The topological polar surface area (TPSA) is 20.2 Å². The van der Waals surface area contributed by atoms with E-state index in [1.807, 2.05) is 0 Å². The average Bonchev–Trinajstić information content (AvgIpc) is 2.88. The van der Waals surface area contributed by atoms with Crippen LogP contribution >= 0.6 is 0 Å². The summed E-state index contributed by atoms with van der Waals surface area (Å²) in [6.45, 7) is 2.28. The van der Waals surface area contributed by atoms with Crippen LogP contribution in [0.5, 0.6) is 0 Å². The molecular weight excluding hydrogens is 232 g/mol. The van der Waals surface area contributed by atoms with Crippen LogP contribution in [0.1, 0.15) is 64.7 Å². The Kier molecular flexibility index (Phi) is 3.17. The van der Waals surface area contributed by atoms with Crippen molar-refractivity contribution in [2.24, 2.45) is 41.4 Å². The van der Waals surface area contributed by atoms with Crippen LogP contribution in [0.3, 0.4) is 0 Å². The number of aliphatic hydroxyl groups is 1. The molecule has 108 valence electrons. The first-order chi connectivity index (χ1) is 9.24. The molecule has 19 heavy (non-hydrogen) atoms. The van der Waals surface area contributed by atoms with Crippen molar-refractivity contribution in [1.29, 1.82) is 0 Å². The largest absolute Gasteiger partial charge is 0.393 e. The number of hydrogen-bond acceptors (Lipinski definition) is 1. The molecule has 0 bridgehead atoms. The van der Waals surface area contributed by atoms with Crippen molar-refractivity contribution >= 4 is 0 Å². The minimum atomic E-state index is 0.000574. The summed E-state index contributed by atoms with van der Waals surface area (Å²) in [5.41, 5.74) is 0. The standard InChI is InChI=1S/C18H30O/c1-11-9-17-13(10-18(11)19)6-8-15-14-4-2-3-12(14)5-7-16(15)17/h11-19H,2-10H2,1H3/t11-,12?,13?,14?,15?,16?,17?,18-/m0/s1. The number of hydrogen-bond donors (Lipinski definition) is 1. The molecule has 0 amide bonds. The lowest BCUT2D eigenvalue weighted by Gasteiger charge is -2.53. The van der Waals surface area contributed by atoms with Crippen molar-refractivity contribution in [2.45, 2.75) is 70.8 Å². The molecule has 0 radical (unpaired) electrons. The van der Waals surface area contributed by atoms with Crippen molar-refractivity contribution in [3.8, 4) is 0 Å². The van der Waals surface area contributed by atoms with E-state index in [2.05, 4.69) is 6.92 Å². The van der Waals surface area contributed by atoms with Crippen molar-refractivity contribution in [3.63, 3.8) is 0 Å². The predicted molar refractivity (Wildman–Crippen MR) is 77.7 cm³/mol. The normalized spacial score (nSPS) is 57.2. The minimum absolute atomic E-state index is 0.000574. The van der Waals surface area contributed by atoms with Crippen molar-refractivity contribution in [2.75, 3.05) is 0 Å². The Morgan fingerprint density at radius 3 is 2.26 bits per heavy atom. The summed E-state index contributed by atoms with van der Waals surface area (Å²) in [6, 6.07) is 0. The molecule has 1 nitrogen and oxygen atoms in total. The third kappa shape index (κ3) is 1.99. The number of aliphatic hydroxyl groups excluding tert-OH is 1. The van der Waals surface area contributed by atoms with Crippen LogP contribution in [0, 0.1) is 41.4 Å². The molecule has 4 rings (SSSR count). The van der Waals surface area contributed by atoms with Gasteiger partial charge in [0.25, 0.3) is 0 Å². The second kappa shape index (κ2) is 4.76. The predicted octanol–water partition coefficient (Wildman–Crippen LogP) is 4.25. The van der Waals surface area contributed by atoms with E-state index in [1.54, 1.807) is 6.42 Å². The van der Waals surface area contributed by atoms with Gasteiger partial charge < -0.3 is 5.11 Å². The van der Waals surface area contributed by atoms with Gasteiger partial charge in [-0.15, -0.1) is 0 Å². The average molecular weight is 262 g/mol. The van der Waals surface area contributed by atoms with Gasteiger partial charge in [0.15, 0.2) is 0 Å². The maximum absolute atomic E-state index is 10.2. The van der Waals surface area contributed by atoms with Gasteiger partial charge in [-0.1, -0.05) is 19.8 Å². The Hall–Kier alpha value is -0.0400. The smallest absolute Gasteiger partial charge is 0.0568 e. The van der Waals surface area contributed by atoms with Crippen LogP contribution in [0.15, 0.2) is 0 Å². The summed E-state index contributed by atoms with van der Waals surface area (Å²) in [5, 5.41) is 10.2. The van der Waals surface area contributed by atoms with Gasteiger partial charge in [-0.25, -0.2) is 0 Å². The van der Waals surface area contributed by atoms with Crippen LogP contribution in [0.2, 0.25) is 0 Å². The molecular formula is C18H30O. The molecule has 4 aliphatic rings. The highest BCUT2D eigenvalue weighted by molar-refractivity contribution is 4.99. The summed E-state index contributed by atoms with van der Waals surface area (Å²) < 4.78 is 0. The molecule has 1 heteroatoms. The van der Waals surface area contributed by atoms with Crippen LogP contribution in [-0.4, -0.2) is 11.2 Å². The van der Waals surface area contributed by atoms with Gasteiger partial charge in [-0.05, 0) is 86.4 Å². The Bertz CT molecular complexity index is 339. The lowest BCUT2D eigenvalue weighted by molar-refractivity contribution is -0.0658. The van der Waals surface area contributed by atoms with E-state index in [9.17, 15) is 5.11 Å². The van der Waals surface area contributed by atoms with Crippen molar-refractivity contribution in [1.82, 2.24) is 0 Å². The molecule has 1 N–H and O–H groups in total. The molecule has 0 aliphatic heterocycles. The Morgan fingerprint density at radius 1 is 0.684 bits per heavy atom. The third-order valence-corrected chi connectivity index (χ3v) is 7.56. The van der Waals surface area contributed by atoms with E-state index in [0.717, 1.165) is 41.9 Å². The lowest BCUT2D eigenvalue weighted by Crippen LogP contribution is -2.47. The first-order valence-electron chi connectivity index (χ1n) is 8.92. The molecule has 0 aromatic carbocycles. The Labute approximate surface area is 118 Å². The molecule has 6 unspecified atom stereocenters. The molecule has 0 aromatic rings. The second-order valence-electron chi connectivity index (χ2n) is 8.28. The number of rotatable bonds is 0. The summed E-state index contributed by atoms with van der Waals surface area (Å²) >= 11 is 0. The maximum Gasteiger partial charge on any atom is 0.0568 e. The van der Waals surface area contributed by atoms with Crippen LogP contribution < -0.4 is 0 Å². The molecule has 0 heterocycles. The van der Waals surface area contributed by atoms with Gasteiger partial charge in [-0.3, -0.25) is 0 Å². The van der Waals surface area contributed by atoms with E-state index < -0.39 is 0 Å². The molecule has 0 aromatic heterocycles. The SMILES string of the molecule is C[C@H]1CC2C(CCC3C4CCCC4CCC23)C[C@@H]1O. The van der Waals surface area contributed by atoms with E-state index in [-0.39, 0.29) is 6.10 Å². The summed E-state index contributed by atoms with van der Waals surface area (Å²) in [6.07, 6.45) is 13.0. The first-order valence-corrected chi connectivity index (χ1v) is 8.92. The van der Waals surface area contributed by atoms with Crippen molar-refractivity contribution in [3.05, 3.63) is 0 Å². The second-order valence-corrected chi connectivity index (χ2v) is 8.28. The summed E-state index contributed by atoms with van der Waals surface area (Å²) in [4.78, 5) is 0. The highest BCUT2D eigenvalue weighted by Gasteiger charge is 2.50. The fourth-order valence-corrected chi connectivity index (χ4v) is 6.64. The molecule has 8 atom stereocenters. The summed E-state index contributed by atoms with van der Waals surface area (Å²) in [5.74, 6) is 6.70. The van der Waals surface area contributed by atoms with Gasteiger partial charge in [-0.2, -0.15) is 0 Å². The van der Waals surface area contributed by atoms with Gasteiger partial charge in [0, 0.05) is 0 Å². The van der Waals surface area contributed by atoms with Gasteiger partial charge in [0.1, 0.15) is 0 Å². The Morgan fingerprint density at radius 2 is 1.42 bits per heavy atom. The first kappa shape index (κ1) is 12.7. The Balaban J connectivity index is 1.54. The molecule has 0 spiro atoms. The molecule has 4 saturated carbocycles. The highest BCUT2D eigenvalue weighted by atomic mass is 16.3. The molecule has 4 fully saturated rings. The zero-order valence-corrected chi connectivity index (χ0v) is 12.4. The van der Waals surface area contributed by atoms with Gasteiger partial charge >= 0.3 is 0 Å². The van der Waals surface area contributed by atoms with E-state index in [4.69, 9.17) is 0 Å². The monoisotopic (exact) mass is 262 g/mol. The van der Waals surface area contributed by atoms with E-state index >= 15 is 0 Å². The lowest BCUT2D eigenvalue weighted by atomic mass is 9.52. The van der Waals surface area contributed by atoms with E-state index in [0.29, 0.717) is 5.92 Å². The zero-order chi connectivity index (χ0) is 13.0. The fraction of sp³-hybridized carbons (Fsp3) is 1.00. The maximum atomic E-state index is 10.2. The fourth-order valence-electron chi connectivity index (χ4n) is 6.64. The minimum Gasteiger partial charge on any atom is -0.393 e. The van der Waals surface area contributed by atoms with Crippen molar-refractivity contribution < 1.29 is 5.11 Å². The van der Waals surface area contributed by atoms with Gasteiger partial charge in [0.05, 0.1) is 6.10 Å². The number of fused-ring (bicyclic) bond motifs is 5. The zero-order valence-electron chi connectivity index (χ0n) is 12.4. The van der Waals surface area contributed by atoms with E-state index in [1.165, 1.54) is 44.9 Å². The van der Waals surface area contributed by atoms with Gasteiger partial charge in [0.2, 0.25) is 0 Å². The quantitative estimate of drug-likeness (QED) is 0.692. The highest BCUT2D eigenvalue weighted by Crippen LogP contribution is 2.58. The molecule has 0 saturated heterocycles. The van der Waals surface area contributed by atoms with Crippen LogP contribution in [0.4, 0.5) is 0 Å². The summed E-state index contributed by atoms with van der Waals surface area (Å²) in [7, 11) is 0. The van der Waals surface area contributed by atoms with Crippen LogP contribution in [0.25, 0.3) is 0 Å². The third-order valence-electron chi connectivity index (χ3n) is 7.56. The molecule has 4 aliphatic carbocycles.